The molecule has 102 valence electrons. The summed E-state index contributed by atoms with van der Waals surface area (Å²) in [6.07, 6.45) is 6.00. The van der Waals surface area contributed by atoms with E-state index in [1.165, 1.54) is 43.5 Å². The van der Waals surface area contributed by atoms with Crippen LogP contribution in [0, 0.1) is 23.6 Å². The highest BCUT2D eigenvalue weighted by Gasteiger charge is 2.39. The molecule has 0 radical (unpaired) electrons. The lowest BCUT2D eigenvalue weighted by atomic mass is 9.85. The minimum absolute atomic E-state index is 0.222. The molecule has 1 aromatic carbocycles. The van der Waals surface area contributed by atoms with E-state index in [0.717, 1.165) is 11.8 Å². The summed E-state index contributed by atoms with van der Waals surface area (Å²) in [7, 11) is 0. The second-order valence-corrected chi connectivity index (χ2v) is 6.91. The van der Waals surface area contributed by atoms with Crippen LogP contribution in [-0.4, -0.2) is 11.5 Å². The van der Waals surface area contributed by atoms with Crippen LogP contribution in [0.1, 0.15) is 32.1 Å². The van der Waals surface area contributed by atoms with Crippen LogP contribution in [-0.2, 0) is 4.79 Å². The summed E-state index contributed by atoms with van der Waals surface area (Å²) in [4.78, 5) is 12.6. The lowest BCUT2D eigenvalue weighted by Gasteiger charge is -2.20. The number of carbonyl (C=O) groups is 1. The third-order valence-electron chi connectivity index (χ3n) is 4.60. The van der Waals surface area contributed by atoms with Crippen molar-refractivity contribution in [3.63, 3.8) is 0 Å². The molecule has 0 saturated heterocycles. The maximum atomic E-state index is 13.4. The Morgan fingerprint density at radius 1 is 1.26 bits per heavy atom. The van der Waals surface area contributed by atoms with Crippen molar-refractivity contribution in [1.29, 1.82) is 0 Å². The number of Topliss-reactive ketones (excluding diaryl/α,β-unsaturated/α-hetero) is 1. The van der Waals surface area contributed by atoms with E-state index in [2.05, 4.69) is 0 Å². The molecular formula is C16H19FOS. The summed E-state index contributed by atoms with van der Waals surface area (Å²) in [5.74, 6) is 2.78. The molecule has 19 heavy (non-hydrogen) atoms. The second-order valence-electron chi connectivity index (χ2n) is 5.90. The maximum Gasteiger partial charge on any atom is 0.143 e. The van der Waals surface area contributed by atoms with E-state index in [-0.39, 0.29) is 11.6 Å². The van der Waals surface area contributed by atoms with E-state index in [4.69, 9.17) is 0 Å². The van der Waals surface area contributed by atoms with Gasteiger partial charge in [0.25, 0.3) is 0 Å². The number of hydrogen-bond acceptors (Lipinski definition) is 2. The number of carbonyl (C=O) groups excluding carboxylic acids is 1. The van der Waals surface area contributed by atoms with Crippen LogP contribution in [0.2, 0.25) is 0 Å². The third kappa shape index (κ3) is 3.02. The van der Waals surface area contributed by atoms with E-state index < -0.39 is 0 Å². The number of ketones is 1. The van der Waals surface area contributed by atoms with E-state index in [1.54, 1.807) is 12.1 Å². The first kappa shape index (κ1) is 13.2. The Balaban J connectivity index is 1.48. The van der Waals surface area contributed by atoms with Gasteiger partial charge in [-0.3, -0.25) is 4.79 Å². The summed E-state index contributed by atoms with van der Waals surface area (Å²) in [5.41, 5.74) is 0. The first-order valence-corrected chi connectivity index (χ1v) is 8.10. The highest BCUT2D eigenvalue weighted by molar-refractivity contribution is 8.00. The summed E-state index contributed by atoms with van der Waals surface area (Å²) in [5, 5.41) is 0. The topological polar surface area (TPSA) is 17.1 Å². The number of rotatable bonds is 5. The van der Waals surface area contributed by atoms with Gasteiger partial charge >= 0.3 is 0 Å². The van der Waals surface area contributed by atoms with Crippen LogP contribution >= 0.6 is 11.8 Å². The van der Waals surface area contributed by atoms with Crippen LogP contribution in [0.15, 0.2) is 29.2 Å². The van der Waals surface area contributed by atoms with Crippen molar-refractivity contribution in [2.45, 2.75) is 37.0 Å². The minimum atomic E-state index is -0.222. The normalized spacial score (nSPS) is 28.8. The SMILES string of the molecule is O=C(CSc1ccccc1F)CC1CC2CCC1C2. The number of halogens is 1. The fraction of sp³-hybridized carbons (Fsp3) is 0.562. The lowest BCUT2D eigenvalue weighted by molar-refractivity contribution is -0.117. The highest BCUT2D eigenvalue weighted by atomic mass is 32.2. The average Bonchev–Trinajstić information content (AvgIpc) is 3.00. The molecule has 3 heteroatoms. The highest BCUT2D eigenvalue weighted by Crippen LogP contribution is 2.49. The van der Waals surface area contributed by atoms with Gasteiger partial charge in [-0.2, -0.15) is 0 Å². The third-order valence-corrected chi connectivity index (χ3v) is 5.71. The Labute approximate surface area is 118 Å². The molecule has 1 nitrogen and oxygen atoms in total. The van der Waals surface area contributed by atoms with Gasteiger partial charge in [0, 0.05) is 11.3 Å². The zero-order valence-electron chi connectivity index (χ0n) is 11.0. The molecule has 0 aromatic heterocycles. The summed E-state index contributed by atoms with van der Waals surface area (Å²) in [6.45, 7) is 0. The van der Waals surface area contributed by atoms with Crippen molar-refractivity contribution < 1.29 is 9.18 Å². The van der Waals surface area contributed by atoms with Gasteiger partial charge < -0.3 is 0 Å². The summed E-state index contributed by atoms with van der Waals surface area (Å²) >= 11 is 1.33. The quantitative estimate of drug-likeness (QED) is 0.746. The van der Waals surface area contributed by atoms with Crippen LogP contribution in [0.3, 0.4) is 0 Å². The Morgan fingerprint density at radius 3 is 2.79 bits per heavy atom. The van der Waals surface area contributed by atoms with E-state index in [9.17, 15) is 9.18 Å². The summed E-state index contributed by atoms with van der Waals surface area (Å²) < 4.78 is 13.4. The van der Waals surface area contributed by atoms with Crippen molar-refractivity contribution in [3.05, 3.63) is 30.1 Å². The van der Waals surface area contributed by atoms with Gasteiger partial charge in [0.2, 0.25) is 0 Å². The predicted octanol–water partition coefficient (Wildman–Crippen LogP) is 4.31. The second kappa shape index (κ2) is 5.66. The largest absolute Gasteiger partial charge is 0.299 e. The molecule has 0 amide bonds. The zero-order valence-corrected chi connectivity index (χ0v) is 11.8. The number of benzene rings is 1. The maximum absolute atomic E-state index is 13.4. The fourth-order valence-corrected chi connectivity index (χ4v) is 4.51. The van der Waals surface area contributed by atoms with E-state index in [0.29, 0.717) is 23.0 Å². The molecule has 0 spiro atoms. The van der Waals surface area contributed by atoms with Crippen LogP contribution in [0.5, 0.6) is 0 Å². The molecule has 2 fully saturated rings. The van der Waals surface area contributed by atoms with Crippen LogP contribution in [0.25, 0.3) is 0 Å². The van der Waals surface area contributed by atoms with Crippen molar-refractivity contribution in [2.24, 2.45) is 17.8 Å². The van der Waals surface area contributed by atoms with E-state index in [1.807, 2.05) is 6.07 Å². The van der Waals surface area contributed by atoms with Gasteiger partial charge in [0.15, 0.2) is 0 Å². The van der Waals surface area contributed by atoms with Crippen molar-refractivity contribution >= 4 is 17.5 Å². The Bertz CT molecular complexity index is 474. The molecule has 2 saturated carbocycles. The van der Waals surface area contributed by atoms with E-state index >= 15 is 0 Å². The van der Waals surface area contributed by atoms with Gasteiger partial charge in [-0.05, 0) is 49.1 Å². The fourth-order valence-electron chi connectivity index (χ4n) is 3.70. The standard InChI is InChI=1S/C16H19FOS/c17-15-3-1-2-4-16(15)19-10-14(18)9-13-8-11-5-6-12(13)7-11/h1-4,11-13H,5-10H2. The van der Waals surface area contributed by atoms with Crippen LogP contribution < -0.4 is 0 Å². The monoisotopic (exact) mass is 278 g/mol. The number of fused-ring (bicyclic) bond motifs is 2. The lowest BCUT2D eigenvalue weighted by Crippen LogP contribution is -2.16. The molecule has 3 rings (SSSR count). The van der Waals surface area contributed by atoms with Gasteiger partial charge in [-0.15, -0.1) is 11.8 Å². The molecule has 1 aromatic rings. The Hall–Kier alpha value is -0.830. The van der Waals surface area contributed by atoms with Crippen molar-refractivity contribution in [3.8, 4) is 0 Å². The molecule has 0 aliphatic heterocycles. The molecule has 2 bridgehead atoms. The average molecular weight is 278 g/mol. The molecule has 0 heterocycles. The Morgan fingerprint density at radius 2 is 2.11 bits per heavy atom. The first-order valence-electron chi connectivity index (χ1n) is 7.11. The smallest absolute Gasteiger partial charge is 0.143 e. The molecule has 3 atom stereocenters. The molecule has 2 aliphatic rings. The van der Waals surface area contributed by atoms with Crippen LogP contribution in [0.4, 0.5) is 4.39 Å². The predicted molar refractivity (Wildman–Crippen MR) is 75.7 cm³/mol. The number of thioether (sulfide) groups is 1. The molecule has 2 aliphatic carbocycles. The Kier molecular flexibility index (Phi) is 3.92. The van der Waals surface area contributed by atoms with Crippen molar-refractivity contribution in [2.75, 3.05) is 5.75 Å². The molecular weight excluding hydrogens is 259 g/mol. The van der Waals surface area contributed by atoms with Gasteiger partial charge in [0.05, 0.1) is 5.75 Å². The summed E-state index contributed by atoms with van der Waals surface area (Å²) in [6, 6.07) is 6.68. The molecule has 0 N–H and O–H groups in total. The van der Waals surface area contributed by atoms with Crippen molar-refractivity contribution in [1.82, 2.24) is 0 Å². The van der Waals surface area contributed by atoms with Gasteiger partial charge in [0.1, 0.15) is 11.6 Å². The zero-order chi connectivity index (χ0) is 13.2. The van der Waals surface area contributed by atoms with Gasteiger partial charge in [-0.25, -0.2) is 4.39 Å². The minimum Gasteiger partial charge on any atom is -0.299 e. The molecule has 3 unspecified atom stereocenters. The first-order chi connectivity index (χ1) is 9.22. The van der Waals surface area contributed by atoms with Gasteiger partial charge in [-0.1, -0.05) is 18.6 Å². The number of hydrogen-bond donors (Lipinski definition) is 0.